The van der Waals surface area contributed by atoms with Crippen LogP contribution in [0.4, 0.5) is 5.82 Å². The van der Waals surface area contributed by atoms with Crippen LogP contribution in [0.25, 0.3) is 4.85 Å². The van der Waals surface area contributed by atoms with E-state index in [0.717, 1.165) is 0 Å². The molecule has 1 amide bonds. The third-order valence-corrected chi connectivity index (χ3v) is 14.7. The predicted octanol–water partition coefficient (Wildman–Crippen LogP) is 6.78. The van der Waals surface area contributed by atoms with Gasteiger partial charge in [-0.25, -0.2) is 16.0 Å². The van der Waals surface area contributed by atoms with Crippen LogP contribution in [0.15, 0.2) is 41.3 Å². The van der Waals surface area contributed by atoms with E-state index in [9.17, 15) is 9.59 Å². The molecule has 0 bridgehead atoms. The Balaban J connectivity index is 2.07. The van der Waals surface area contributed by atoms with Crippen molar-refractivity contribution in [3.8, 4) is 0 Å². The van der Waals surface area contributed by atoms with Gasteiger partial charge in [0.15, 0.2) is 14.5 Å². The Hall–Kier alpha value is -2.49. The number of nitrogens with one attached hydrogen (secondary N) is 1. The van der Waals surface area contributed by atoms with Gasteiger partial charge in [-0.15, -0.1) is 0 Å². The van der Waals surface area contributed by atoms with E-state index in [2.05, 4.69) is 81.4 Å². The maximum atomic E-state index is 13.6. The summed E-state index contributed by atoms with van der Waals surface area (Å²) >= 11 is 0. The van der Waals surface area contributed by atoms with Crippen LogP contribution in [-0.4, -0.2) is 72.0 Å². The first-order chi connectivity index (χ1) is 21.5. The van der Waals surface area contributed by atoms with Gasteiger partial charge in [-0.3, -0.25) is 9.36 Å². The number of nitrogens with zero attached hydrogens (tertiary/aromatic N) is 4. The number of ether oxygens (including phenoxy) is 1. The smallest absolute Gasteiger partial charge is 0.351 e. The van der Waals surface area contributed by atoms with Crippen LogP contribution in [0.2, 0.25) is 18.1 Å². The summed E-state index contributed by atoms with van der Waals surface area (Å²) in [5, 5.41) is 2.57. The highest BCUT2D eigenvalue weighted by molar-refractivity contribution is 7.44. The van der Waals surface area contributed by atoms with Gasteiger partial charge in [-0.1, -0.05) is 39.0 Å². The van der Waals surface area contributed by atoms with Crippen molar-refractivity contribution in [1.82, 2.24) is 14.2 Å². The second-order valence-corrected chi connectivity index (χ2v) is 19.4. The molecule has 1 aromatic carbocycles. The van der Waals surface area contributed by atoms with Crippen LogP contribution in [-0.2, 0) is 18.2 Å². The number of carbonyl (C=O) groups excluding carboxylic acids is 1. The fourth-order valence-electron chi connectivity index (χ4n) is 4.74. The molecule has 13 heteroatoms. The first-order valence-electron chi connectivity index (χ1n) is 16.0. The average molecular weight is 661 g/mol. The molecule has 0 radical (unpaired) electrons. The molecule has 0 spiro atoms. The Morgan fingerprint density at radius 1 is 1.22 bits per heavy atom. The zero-order valence-electron chi connectivity index (χ0n) is 29.2. The average Bonchev–Trinajstić information content (AvgIpc) is 3.30. The highest BCUT2D eigenvalue weighted by Crippen LogP contribution is 2.51. The number of aryl methyl sites for hydroxylation is 1. The Kier molecular flexibility index (Phi) is 12.1. The van der Waals surface area contributed by atoms with E-state index >= 15 is 0 Å². The van der Waals surface area contributed by atoms with Crippen molar-refractivity contribution in [3.63, 3.8) is 0 Å². The molecule has 2 unspecified atom stereocenters. The molecule has 0 aliphatic carbocycles. The number of carbonyl (C=O) groups is 1. The third-order valence-electron chi connectivity index (χ3n) is 8.06. The van der Waals surface area contributed by atoms with E-state index < -0.39 is 47.1 Å². The molecule has 1 aromatic heterocycles. The molecule has 3 rings (SSSR count). The highest BCUT2D eigenvalue weighted by atomic mass is 31.2. The van der Waals surface area contributed by atoms with Crippen molar-refractivity contribution in [3.05, 3.63) is 69.6 Å². The largest absolute Gasteiger partial charge is 0.407 e. The lowest BCUT2D eigenvalue weighted by molar-refractivity contribution is -0.0311. The van der Waals surface area contributed by atoms with Crippen molar-refractivity contribution >= 4 is 28.6 Å². The van der Waals surface area contributed by atoms with Crippen LogP contribution < -0.4 is 11.0 Å². The summed E-state index contributed by atoms with van der Waals surface area (Å²) in [5.74, 6) is -0.222. The van der Waals surface area contributed by atoms with E-state index in [1.807, 2.05) is 6.07 Å². The fourth-order valence-corrected chi connectivity index (χ4v) is 7.78. The first-order valence-corrected chi connectivity index (χ1v) is 19.4. The van der Waals surface area contributed by atoms with Gasteiger partial charge in [0.2, 0.25) is 6.54 Å². The normalized spacial score (nSPS) is 21.6. The number of anilines is 1. The van der Waals surface area contributed by atoms with Gasteiger partial charge in [0.25, 0.3) is 14.4 Å². The minimum absolute atomic E-state index is 0.0690. The van der Waals surface area contributed by atoms with Gasteiger partial charge in [-0.05, 0) is 71.8 Å². The number of aromatic nitrogens is 2. The van der Waals surface area contributed by atoms with Crippen LogP contribution in [0.3, 0.4) is 0 Å². The minimum Gasteiger partial charge on any atom is -0.407 e. The molecule has 1 saturated heterocycles. The number of hydrogen-bond donors (Lipinski definition) is 1. The number of rotatable bonds is 13. The summed E-state index contributed by atoms with van der Waals surface area (Å²) in [6.45, 7) is 28.1. The predicted molar refractivity (Wildman–Crippen MR) is 181 cm³/mol. The molecule has 5 atom stereocenters. The van der Waals surface area contributed by atoms with Crippen molar-refractivity contribution in [2.45, 2.75) is 117 Å². The summed E-state index contributed by atoms with van der Waals surface area (Å²) in [5.41, 5.74) is 0.370. The van der Waals surface area contributed by atoms with Crippen LogP contribution >= 0.6 is 8.53 Å². The monoisotopic (exact) mass is 660 g/mol. The van der Waals surface area contributed by atoms with Crippen LogP contribution in [0.1, 0.15) is 78.9 Å². The fraction of sp³-hybridized carbons (Fsp3) is 0.625. The van der Waals surface area contributed by atoms with Gasteiger partial charge < -0.3 is 28.4 Å². The molecule has 1 aliphatic heterocycles. The molecular formula is C32H50N5O6PSi. The van der Waals surface area contributed by atoms with E-state index in [-0.39, 0.29) is 48.9 Å². The Morgan fingerprint density at radius 2 is 1.87 bits per heavy atom. The molecular weight excluding hydrogens is 609 g/mol. The lowest BCUT2D eigenvalue weighted by atomic mass is 10.1. The van der Waals surface area contributed by atoms with Crippen LogP contribution in [0, 0.1) is 13.5 Å². The molecule has 248 valence electrons. The first kappa shape index (κ1) is 35.4. The van der Waals surface area contributed by atoms with Gasteiger partial charge in [0.1, 0.15) is 24.6 Å². The van der Waals surface area contributed by atoms with Crippen molar-refractivity contribution in [2.24, 2.45) is 0 Å². The van der Waals surface area contributed by atoms with E-state index in [1.54, 1.807) is 37.4 Å². The summed E-state index contributed by atoms with van der Waals surface area (Å²) in [6.07, 6.45) is -1.59. The minimum atomic E-state index is -2.48. The molecule has 1 aliphatic rings. The molecule has 45 heavy (non-hydrogen) atoms. The second-order valence-electron chi connectivity index (χ2n) is 13.3. The summed E-state index contributed by atoms with van der Waals surface area (Å²) in [6, 6.07) is 8.84. The molecule has 1 fully saturated rings. The SMILES string of the molecule is [2H]C[C@H]1O[C@@H](n2cc(C)c(NC(=O)c3ccccc3)nc2=O)C(O[Si](C)(C)C(C)(C)C)[C@H]1OP(OCC[N+]#[C-])N(C(C)C)C(C)C. The molecule has 11 nitrogen and oxygen atoms in total. The van der Waals surface area contributed by atoms with E-state index in [0.29, 0.717) is 11.1 Å². The standard InChI is InChI=1S/C32H50N5O6PSi/c1-21(2)37(22(3)4)44(40-19-18-33-10)42-26-24(6)41-30(27(26)43-45(11,12)32(7,8)9)36-20-23(5)28(35-31(36)39)34-29(38)25-16-14-13-15-17-25/h13-17,20-22,24,26-27,30H,18-19H2,1-9,11-12H3,(H,34,35,38,39)/t24-,26+,27?,30-,44?/m1/s1/i6D. The van der Waals surface area contributed by atoms with E-state index in [4.69, 9.17) is 26.2 Å². The highest BCUT2D eigenvalue weighted by Gasteiger charge is 2.52. The van der Waals surface area contributed by atoms with Gasteiger partial charge >= 0.3 is 5.69 Å². The number of amides is 1. The topological polar surface area (TPSA) is 109 Å². The summed E-state index contributed by atoms with van der Waals surface area (Å²) in [7, 11) is -4.17. The number of hydrogen-bond acceptors (Lipinski definition) is 8. The van der Waals surface area contributed by atoms with Gasteiger partial charge in [-0.2, -0.15) is 4.98 Å². The Morgan fingerprint density at radius 3 is 2.42 bits per heavy atom. The zero-order chi connectivity index (χ0) is 34.4. The molecule has 1 N–H and O–H groups in total. The van der Waals surface area contributed by atoms with Crippen LogP contribution in [0.5, 0.6) is 0 Å². The van der Waals surface area contributed by atoms with Crippen molar-refractivity contribution in [1.29, 1.82) is 0 Å². The summed E-state index contributed by atoms with van der Waals surface area (Å²) in [4.78, 5) is 34.1. The Bertz CT molecular complexity index is 1410. The lowest BCUT2D eigenvalue weighted by Gasteiger charge is -2.42. The maximum absolute atomic E-state index is 13.6. The quantitative estimate of drug-likeness (QED) is 0.108. The maximum Gasteiger partial charge on any atom is 0.351 e. The van der Waals surface area contributed by atoms with Crippen molar-refractivity contribution in [2.75, 3.05) is 18.5 Å². The van der Waals surface area contributed by atoms with Crippen molar-refractivity contribution < 1.29 is 24.4 Å². The Labute approximate surface area is 271 Å². The zero-order valence-corrected chi connectivity index (χ0v) is 30.1. The third kappa shape index (κ3) is 9.07. The number of benzene rings is 1. The van der Waals surface area contributed by atoms with Gasteiger partial charge in [0, 0.05) is 30.8 Å². The molecule has 2 aromatic rings. The van der Waals surface area contributed by atoms with E-state index in [1.165, 1.54) is 4.57 Å². The lowest BCUT2D eigenvalue weighted by Crippen LogP contribution is -2.50. The van der Waals surface area contributed by atoms with Gasteiger partial charge in [0.05, 0.1) is 6.10 Å². The molecule has 0 saturated carbocycles. The molecule has 2 heterocycles. The summed E-state index contributed by atoms with van der Waals surface area (Å²) < 4.78 is 38.3. The second kappa shape index (κ2) is 15.4.